The highest BCUT2D eigenvalue weighted by Crippen LogP contribution is 2.26. The molecule has 0 bridgehead atoms. The average Bonchev–Trinajstić information content (AvgIpc) is 3.90. The van der Waals surface area contributed by atoms with Crippen molar-refractivity contribution in [2.75, 3.05) is 0 Å². The van der Waals surface area contributed by atoms with Crippen molar-refractivity contribution in [1.82, 2.24) is 40.8 Å². The summed E-state index contributed by atoms with van der Waals surface area (Å²) >= 11 is 13.2. The SMILES string of the molecule is CC(=O)c1n[nH]c2cccc(Br)c12.O=C([O-])c1[nH]nc2c(Br)cccc12.O=C([O-])c1n[nH]c2cc(Br)ccc12.O=C([O-])c1n[nH]c2ccc(Br)cc12. The Labute approximate surface area is 324 Å². The monoisotopic (exact) mass is 955 g/mol. The van der Waals surface area contributed by atoms with Gasteiger partial charge in [-0.25, -0.2) is 0 Å². The molecular weight excluding hydrogens is 940 g/mol. The van der Waals surface area contributed by atoms with Crippen LogP contribution in [-0.4, -0.2) is 64.5 Å². The summed E-state index contributed by atoms with van der Waals surface area (Å²) in [7, 11) is 0. The first kappa shape index (κ1) is 38.0. The molecule has 19 heteroatoms. The fourth-order valence-electron chi connectivity index (χ4n) is 4.73. The van der Waals surface area contributed by atoms with Crippen molar-refractivity contribution in [1.29, 1.82) is 0 Å². The van der Waals surface area contributed by atoms with Crippen LogP contribution in [-0.2, 0) is 0 Å². The number of nitrogens with zero attached hydrogens (tertiary/aromatic N) is 4. The highest BCUT2D eigenvalue weighted by molar-refractivity contribution is 9.11. The molecule has 0 spiro atoms. The van der Waals surface area contributed by atoms with Gasteiger partial charge in [0, 0.05) is 46.4 Å². The maximum absolute atomic E-state index is 11.2. The molecular formula is C33H19Br4N8O7-3. The number of aromatic nitrogens is 8. The zero-order valence-electron chi connectivity index (χ0n) is 26.1. The second-order valence-electron chi connectivity index (χ2n) is 10.4. The largest absolute Gasteiger partial charge is 0.543 e. The predicted octanol–water partition coefficient (Wildman–Crippen LogP) is 4.59. The maximum atomic E-state index is 11.2. The Hall–Kier alpha value is -5.24. The summed E-state index contributed by atoms with van der Waals surface area (Å²) in [6, 6.07) is 21.3. The van der Waals surface area contributed by atoms with Crippen molar-refractivity contribution in [2.45, 2.75) is 6.92 Å². The summed E-state index contributed by atoms with van der Waals surface area (Å²) in [4.78, 5) is 42.9. The predicted molar refractivity (Wildman–Crippen MR) is 198 cm³/mol. The number of H-pyrrole nitrogens is 4. The minimum Gasteiger partial charge on any atom is -0.543 e. The normalized spacial score (nSPS) is 10.6. The van der Waals surface area contributed by atoms with E-state index in [1.54, 1.807) is 54.6 Å². The number of fused-ring (bicyclic) bond motifs is 4. The second kappa shape index (κ2) is 16.4. The van der Waals surface area contributed by atoms with Crippen molar-refractivity contribution < 1.29 is 34.5 Å². The molecule has 52 heavy (non-hydrogen) atoms. The van der Waals surface area contributed by atoms with Crippen LogP contribution in [0.1, 0.15) is 48.9 Å². The number of hydrogen-bond donors (Lipinski definition) is 4. The van der Waals surface area contributed by atoms with Gasteiger partial charge in [-0.3, -0.25) is 25.2 Å². The number of carbonyl (C=O) groups is 4. The molecule has 0 aliphatic heterocycles. The van der Waals surface area contributed by atoms with Gasteiger partial charge in [0.25, 0.3) is 0 Å². The van der Waals surface area contributed by atoms with Crippen LogP contribution >= 0.6 is 63.7 Å². The molecule has 0 unspecified atom stereocenters. The van der Waals surface area contributed by atoms with Crippen LogP contribution in [0.4, 0.5) is 0 Å². The molecule has 264 valence electrons. The Kier molecular flexibility index (Phi) is 12.0. The number of Topliss-reactive ketones (excluding diaryl/α,β-unsaturated/α-hetero) is 1. The Morgan fingerprint density at radius 3 is 1.79 bits per heavy atom. The van der Waals surface area contributed by atoms with E-state index in [4.69, 9.17) is 0 Å². The molecule has 0 atom stereocenters. The third kappa shape index (κ3) is 8.44. The van der Waals surface area contributed by atoms with Crippen molar-refractivity contribution in [2.24, 2.45) is 0 Å². The molecule has 0 amide bonds. The summed E-state index contributed by atoms with van der Waals surface area (Å²) < 4.78 is 3.33. The first-order valence-electron chi connectivity index (χ1n) is 14.4. The molecule has 15 nitrogen and oxygen atoms in total. The standard InChI is InChI=1S/C9H7BrN2O.3C8H5BrN2O2/c1-5(13)9-8-6(10)3-2-4-7(8)11-12-9;9-4-1-2-6-5(3-4)7(8(12)13)11-10-6;9-4-1-2-5-6(3-4)10-11-7(5)8(12)13;9-5-3-1-2-4-6(5)10-11-7(4)8(12)13/h2-4H,1H3,(H,11,12);3*1-3H,(H,10,11)(H,12,13)/p-3. The highest BCUT2D eigenvalue weighted by atomic mass is 79.9. The lowest BCUT2D eigenvalue weighted by molar-refractivity contribution is -0.256. The van der Waals surface area contributed by atoms with E-state index < -0.39 is 17.9 Å². The van der Waals surface area contributed by atoms with Gasteiger partial charge in [-0.15, -0.1) is 0 Å². The van der Waals surface area contributed by atoms with Gasteiger partial charge < -0.3 is 29.7 Å². The number of rotatable bonds is 4. The fraction of sp³-hybridized carbons (Fsp3) is 0.0303. The number of ketones is 1. The summed E-state index contributed by atoms with van der Waals surface area (Å²) in [5, 5.41) is 59.7. The Morgan fingerprint density at radius 2 is 1.12 bits per heavy atom. The molecule has 4 N–H and O–H groups in total. The number of carboxylic acid groups (broad SMARTS) is 3. The molecule has 0 fully saturated rings. The van der Waals surface area contributed by atoms with E-state index in [-0.39, 0.29) is 22.9 Å². The average molecular weight is 959 g/mol. The van der Waals surface area contributed by atoms with Crippen LogP contribution in [0.3, 0.4) is 0 Å². The van der Waals surface area contributed by atoms with E-state index in [2.05, 4.69) is 105 Å². The van der Waals surface area contributed by atoms with Crippen LogP contribution in [0.15, 0.2) is 90.7 Å². The third-order valence-electron chi connectivity index (χ3n) is 7.05. The van der Waals surface area contributed by atoms with Gasteiger partial charge in [0.15, 0.2) is 5.78 Å². The summed E-state index contributed by atoms with van der Waals surface area (Å²) in [6.45, 7) is 1.51. The van der Waals surface area contributed by atoms with Crippen LogP contribution in [0.25, 0.3) is 43.6 Å². The number of nitrogens with one attached hydrogen (secondary N) is 4. The molecule has 4 aromatic carbocycles. The maximum Gasteiger partial charge on any atom is 0.180 e. The fourth-order valence-corrected chi connectivity index (χ4v) is 6.46. The molecule has 8 rings (SSSR count). The Morgan fingerprint density at radius 1 is 0.538 bits per heavy atom. The van der Waals surface area contributed by atoms with E-state index >= 15 is 0 Å². The van der Waals surface area contributed by atoms with Crippen LogP contribution in [0.2, 0.25) is 0 Å². The van der Waals surface area contributed by atoms with Gasteiger partial charge in [0.05, 0.1) is 40.2 Å². The third-order valence-corrected chi connectivity index (χ3v) is 9.34. The minimum absolute atomic E-state index is 0.0105. The van der Waals surface area contributed by atoms with Crippen molar-refractivity contribution in [3.8, 4) is 0 Å². The first-order chi connectivity index (χ1) is 24.8. The lowest BCUT2D eigenvalue weighted by Gasteiger charge is -1.97. The van der Waals surface area contributed by atoms with Gasteiger partial charge >= 0.3 is 0 Å². The molecule has 4 aromatic heterocycles. The van der Waals surface area contributed by atoms with Crippen molar-refractivity contribution in [3.05, 3.63) is 113 Å². The molecule has 0 aliphatic carbocycles. The zero-order valence-corrected chi connectivity index (χ0v) is 32.4. The Balaban J connectivity index is 0.000000134. The second-order valence-corrected chi connectivity index (χ2v) is 14.0. The number of aromatic amines is 4. The van der Waals surface area contributed by atoms with E-state index in [9.17, 15) is 34.5 Å². The van der Waals surface area contributed by atoms with Crippen LogP contribution in [0, 0.1) is 0 Å². The van der Waals surface area contributed by atoms with E-state index in [0.717, 1.165) is 28.8 Å². The molecule has 0 aliphatic rings. The first-order valence-corrected chi connectivity index (χ1v) is 17.6. The van der Waals surface area contributed by atoms with Gasteiger partial charge in [0.2, 0.25) is 0 Å². The topological polar surface area (TPSA) is 252 Å². The van der Waals surface area contributed by atoms with Crippen LogP contribution < -0.4 is 15.3 Å². The lowest BCUT2D eigenvalue weighted by Crippen LogP contribution is -2.22. The number of aromatic carboxylic acids is 3. The number of carbonyl (C=O) groups excluding carboxylic acids is 4. The van der Waals surface area contributed by atoms with Crippen molar-refractivity contribution >= 4 is 131 Å². The van der Waals surface area contributed by atoms with E-state index in [0.29, 0.717) is 38.4 Å². The van der Waals surface area contributed by atoms with E-state index in [1.807, 2.05) is 18.2 Å². The Bertz CT molecular complexity index is 2610. The van der Waals surface area contributed by atoms with Gasteiger partial charge in [-0.05, 0) is 70.5 Å². The highest BCUT2D eigenvalue weighted by Gasteiger charge is 2.12. The molecule has 0 saturated carbocycles. The molecule has 0 radical (unpaired) electrons. The van der Waals surface area contributed by atoms with E-state index in [1.165, 1.54) is 6.92 Å². The quantitative estimate of drug-likeness (QED) is 0.178. The van der Waals surface area contributed by atoms with Crippen LogP contribution in [0.5, 0.6) is 0 Å². The summed E-state index contributed by atoms with van der Waals surface area (Å²) in [5.41, 5.74) is 3.22. The van der Waals surface area contributed by atoms with Gasteiger partial charge in [-0.1, -0.05) is 66.0 Å². The number of halogens is 4. The minimum atomic E-state index is -1.27. The summed E-state index contributed by atoms with van der Waals surface area (Å²) in [6.07, 6.45) is 0. The number of benzene rings is 4. The molecule has 8 aromatic rings. The number of carboxylic acids is 3. The van der Waals surface area contributed by atoms with Crippen molar-refractivity contribution in [3.63, 3.8) is 0 Å². The molecule has 4 heterocycles. The summed E-state index contributed by atoms with van der Waals surface area (Å²) in [5.74, 6) is -3.82. The molecule has 0 saturated heterocycles. The lowest BCUT2D eigenvalue weighted by atomic mass is 10.2. The van der Waals surface area contributed by atoms with Gasteiger partial charge in [0.1, 0.15) is 22.6 Å². The van der Waals surface area contributed by atoms with Gasteiger partial charge in [-0.2, -0.15) is 20.4 Å². The number of hydrogen-bond acceptors (Lipinski definition) is 11. The number of para-hydroxylation sites is 1. The smallest absolute Gasteiger partial charge is 0.180 e. The zero-order chi connectivity index (χ0) is 37.7.